The van der Waals surface area contributed by atoms with Crippen LogP contribution in [0.2, 0.25) is 5.02 Å². The lowest BCUT2D eigenvalue weighted by atomic mass is 10.0. The van der Waals surface area contributed by atoms with Crippen LogP contribution in [0.15, 0.2) is 35.1 Å². The Labute approximate surface area is 145 Å². The van der Waals surface area contributed by atoms with Gasteiger partial charge >= 0.3 is 18.2 Å². The number of hydrogen-bond acceptors (Lipinski definition) is 2. The fraction of sp³-hybridized carbons (Fsp3) is 0.133. The SMILES string of the molecule is O=c1[nH]c2cc(-c3c(Cl)cccc3OC(F)(F)F)cc(C(F)(F)F)c2[nH]1. The lowest BCUT2D eigenvalue weighted by Crippen LogP contribution is -2.17. The number of halogens is 7. The largest absolute Gasteiger partial charge is 0.573 e. The standard InChI is InChI=1S/C15H7ClF6N2O2/c16-8-2-1-3-10(26-15(20,21)22)11(8)6-4-7(14(17,18)19)12-9(5-6)23-13(25)24-12/h1-5H,(H2,23,24,25). The van der Waals surface area contributed by atoms with Gasteiger partial charge in [-0.25, -0.2) is 4.79 Å². The van der Waals surface area contributed by atoms with Crippen LogP contribution in [0.25, 0.3) is 22.2 Å². The monoisotopic (exact) mass is 396 g/mol. The molecule has 0 radical (unpaired) electrons. The van der Waals surface area contributed by atoms with Crippen LogP contribution in [0.1, 0.15) is 5.56 Å². The highest BCUT2D eigenvalue weighted by Crippen LogP contribution is 2.42. The van der Waals surface area contributed by atoms with E-state index in [0.29, 0.717) is 6.07 Å². The van der Waals surface area contributed by atoms with Gasteiger partial charge in [0.2, 0.25) is 0 Å². The molecule has 1 heterocycles. The lowest BCUT2D eigenvalue weighted by molar-refractivity contribution is -0.274. The summed E-state index contributed by atoms with van der Waals surface area (Å²) in [6.45, 7) is 0. The van der Waals surface area contributed by atoms with Gasteiger partial charge in [0.05, 0.1) is 21.6 Å². The molecule has 0 atom stereocenters. The summed E-state index contributed by atoms with van der Waals surface area (Å²) in [6.07, 6.45) is -9.94. The molecule has 2 N–H and O–H groups in total. The van der Waals surface area contributed by atoms with E-state index in [1.54, 1.807) is 0 Å². The molecule has 2 aromatic carbocycles. The predicted octanol–water partition coefficient (Wildman–Crippen LogP) is 5.09. The van der Waals surface area contributed by atoms with E-state index in [1.165, 1.54) is 6.07 Å². The van der Waals surface area contributed by atoms with Gasteiger partial charge in [-0.15, -0.1) is 13.2 Å². The number of benzene rings is 2. The van der Waals surface area contributed by atoms with Gasteiger partial charge in [-0.3, -0.25) is 0 Å². The molecule has 1 aromatic heterocycles. The van der Waals surface area contributed by atoms with Crippen LogP contribution in [-0.4, -0.2) is 16.3 Å². The minimum Gasteiger partial charge on any atom is -0.405 e. The molecule has 3 aromatic rings. The van der Waals surface area contributed by atoms with E-state index in [4.69, 9.17) is 11.6 Å². The number of fused-ring (bicyclic) bond motifs is 1. The van der Waals surface area contributed by atoms with Gasteiger partial charge in [-0.1, -0.05) is 17.7 Å². The zero-order chi connectivity index (χ0) is 19.3. The van der Waals surface area contributed by atoms with E-state index in [9.17, 15) is 31.1 Å². The van der Waals surface area contributed by atoms with E-state index in [0.717, 1.165) is 18.2 Å². The molecular weight excluding hydrogens is 390 g/mol. The highest BCUT2D eigenvalue weighted by molar-refractivity contribution is 6.33. The molecule has 26 heavy (non-hydrogen) atoms. The minimum absolute atomic E-state index is 0.238. The van der Waals surface area contributed by atoms with Crippen molar-refractivity contribution in [2.24, 2.45) is 0 Å². The number of alkyl halides is 6. The van der Waals surface area contributed by atoms with Crippen molar-refractivity contribution in [1.82, 2.24) is 9.97 Å². The maximum absolute atomic E-state index is 13.3. The molecule has 11 heteroatoms. The summed E-state index contributed by atoms with van der Waals surface area (Å²) in [6, 6.07) is 4.96. The normalized spacial score (nSPS) is 12.6. The summed E-state index contributed by atoms with van der Waals surface area (Å²) in [5.41, 5.74) is -3.57. The fourth-order valence-electron chi connectivity index (χ4n) is 2.50. The molecule has 3 rings (SSSR count). The second-order valence-corrected chi connectivity index (χ2v) is 5.59. The average molecular weight is 397 g/mol. The Morgan fingerprint density at radius 1 is 1.00 bits per heavy atom. The topological polar surface area (TPSA) is 57.9 Å². The summed E-state index contributed by atoms with van der Waals surface area (Å²) in [7, 11) is 0. The van der Waals surface area contributed by atoms with Gasteiger partial charge in [0.1, 0.15) is 5.75 Å². The lowest BCUT2D eigenvalue weighted by Gasteiger charge is -2.16. The van der Waals surface area contributed by atoms with Crippen LogP contribution in [0.5, 0.6) is 5.75 Å². The van der Waals surface area contributed by atoms with Crippen LogP contribution >= 0.6 is 11.6 Å². The van der Waals surface area contributed by atoms with Crippen molar-refractivity contribution in [1.29, 1.82) is 0 Å². The number of hydrogen-bond donors (Lipinski definition) is 2. The number of ether oxygens (including phenoxy) is 1. The molecule has 0 saturated heterocycles. The van der Waals surface area contributed by atoms with Gasteiger partial charge in [0, 0.05) is 5.56 Å². The number of aromatic nitrogens is 2. The van der Waals surface area contributed by atoms with Crippen molar-refractivity contribution < 1.29 is 31.1 Å². The molecule has 0 aliphatic carbocycles. The maximum atomic E-state index is 13.3. The van der Waals surface area contributed by atoms with Gasteiger partial charge in [-0.05, 0) is 29.8 Å². The molecule has 0 amide bonds. The zero-order valence-electron chi connectivity index (χ0n) is 12.3. The summed E-state index contributed by atoms with van der Waals surface area (Å²) in [4.78, 5) is 15.5. The third kappa shape index (κ3) is 3.50. The Hall–Kier alpha value is -2.62. The van der Waals surface area contributed by atoms with E-state index in [1.807, 2.05) is 4.98 Å². The third-order valence-corrected chi connectivity index (χ3v) is 3.74. The molecule has 0 saturated carbocycles. The Kier molecular flexibility index (Phi) is 4.18. The first-order valence-corrected chi connectivity index (χ1v) is 7.21. The van der Waals surface area contributed by atoms with Gasteiger partial charge in [-0.2, -0.15) is 13.2 Å². The van der Waals surface area contributed by atoms with Crippen LogP contribution < -0.4 is 10.4 Å². The summed E-state index contributed by atoms with van der Waals surface area (Å²) in [5, 5.41) is -0.253. The summed E-state index contributed by atoms with van der Waals surface area (Å²) in [5.74, 6) is -0.768. The fourth-order valence-corrected chi connectivity index (χ4v) is 2.78. The average Bonchev–Trinajstić information content (AvgIpc) is 2.83. The molecular formula is C15H7ClF6N2O2. The molecule has 0 bridgehead atoms. The Bertz CT molecular complexity index is 1040. The zero-order valence-corrected chi connectivity index (χ0v) is 13.1. The molecule has 4 nitrogen and oxygen atoms in total. The minimum atomic E-state index is -5.07. The van der Waals surface area contributed by atoms with Gasteiger partial charge < -0.3 is 14.7 Å². The Morgan fingerprint density at radius 3 is 2.31 bits per heavy atom. The van der Waals surface area contributed by atoms with Crippen LogP contribution in [-0.2, 0) is 6.18 Å². The number of nitrogens with one attached hydrogen (secondary N) is 2. The second-order valence-electron chi connectivity index (χ2n) is 5.18. The Balaban J connectivity index is 2.32. The van der Waals surface area contributed by atoms with Crippen LogP contribution in [0.4, 0.5) is 26.3 Å². The maximum Gasteiger partial charge on any atom is 0.573 e. The number of imidazole rings is 1. The van der Waals surface area contributed by atoms with Crippen molar-refractivity contribution in [3.8, 4) is 16.9 Å². The number of aromatic amines is 2. The van der Waals surface area contributed by atoms with E-state index in [-0.39, 0.29) is 21.7 Å². The molecule has 0 aliphatic heterocycles. The van der Waals surface area contributed by atoms with Gasteiger partial charge in [0.25, 0.3) is 0 Å². The quantitative estimate of drug-likeness (QED) is 0.592. The smallest absolute Gasteiger partial charge is 0.405 e. The van der Waals surface area contributed by atoms with Crippen molar-refractivity contribution in [2.75, 3.05) is 0 Å². The Morgan fingerprint density at radius 2 is 1.69 bits per heavy atom. The summed E-state index contributed by atoms with van der Waals surface area (Å²) < 4.78 is 81.6. The number of H-pyrrole nitrogens is 2. The van der Waals surface area contributed by atoms with E-state index >= 15 is 0 Å². The predicted molar refractivity (Wildman–Crippen MR) is 81.1 cm³/mol. The van der Waals surface area contributed by atoms with Crippen molar-refractivity contribution in [3.63, 3.8) is 0 Å². The molecule has 0 fully saturated rings. The number of rotatable bonds is 2. The second kappa shape index (κ2) is 5.97. The highest BCUT2D eigenvalue weighted by atomic mass is 35.5. The molecule has 0 aliphatic rings. The van der Waals surface area contributed by atoms with Crippen molar-refractivity contribution in [2.45, 2.75) is 12.5 Å². The van der Waals surface area contributed by atoms with Gasteiger partial charge in [0.15, 0.2) is 0 Å². The third-order valence-electron chi connectivity index (χ3n) is 3.42. The summed E-state index contributed by atoms with van der Waals surface area (Å²) >= 11 is 5.91. The first-order valence-electron chi connectivity index (χ1n) is 6.83. The highest BCUT2D eigenvalue weighted by Gasteiger charge is 2.36. The molecule has 0 spiro atoms. The first kappa shape index (κ1) is 18.2. The van der Waals surface area contributed by atoms with Crippen molar-refractivity contribution in [3.05, 3.63) is 51.4 Å². The first-order chi connectivity index (χ1) is 12.0. The van der Waals surface area contributed by atoms with Crippen LogP contribution in [0, 0.1) is 0 Å². The van der Waals surface area contributed by atoms with Crippen LogP contribution in [0.3, 0.4) is 0 Å². The molecule has 0 unspecified atom stereocenters. The van der Waals surface area contributed by atoms with E-state index < -0.39 is 35.1 Å². The van der Waals surface area contributed by atoms with Crippen molar-refractivity contribution >= 4 is 22.6 Å². The molecule has 138 valence electrons. The van der Waals surface area contributed by atoms with E-state index in [2.05, 4.69) is 9.72 Å².